The quantitative estimate of drug-likeness (QED) is 0.349. The van der Waals surface area contributed by atoms with Gasteiger partial charge in [-0.05, 0) is 24.3 Å². The van der Waals surface area contributed by atoms with Crippen molar-refractivity contribution in [2.45, 2.75) is 17.5 Å². The largest absolute Gasteiger partial charge is 0.467 e. The first kappa shape index (κ1) is 18.4. The summed E-state index contributed by atoms with van der Waals surface area (Å²) in [7, 11) is 0. The van der Waals surface area contributed by atoms with Crippen LogP contribution < -0.4 is 0 Å². The first-order chi connectivity index (χ1) is 14.9. The summed E-state index contributed by atoms with van der Waals surface area (Å²) in [6.45, 7) is 0.528. The Labute approximate surface area is 176 Å². The van der Waals surface area contributed by atoms with E-state index < -0.39 is 0 Å². The minimum atomic E-state index is 0.528. The number of rotatable bonds is 7. The topological polar surface area (TPSA) is 82.8 Å². The average Bonchev–Trinajstić information content (AvgIpc) is 3.56. The maximum atomic E-state index is 5.54. The predicted molar refractivity (Wildman–Crippen MR) is 113 cm³/mol. The third kappa shape index (κ3) is 3.90. The van der Waals surface area contributed by atoms with Crippen molar-refractivity contribution in [1.29, 1.82) is 0 Å². The normalized spacial score (nSPS) is 11.1. The zero-order valence-electron chi connectivity index (χ0n) is 15.9. The Morgan fingerprint density at radius 2 is 1.83 bits per heavy atom. The Bertz CT molecular complexity index is 1220. The van der Waals surface area contributed by atoms with Crippen LogP contribution in [-0.2, 0) is 12.3 Å². The zero-order valence-corrected chi connectivity index (χ0v) is 16.7. The average molecular weight is 415 g/mol. The van der Waals surface area contributed by atoms with Gasteiger partial charge in [0, 0.05) is 35.3 Å². The van der Waals surface area contributed by atoms with Gasteiger partial charge in [0.1, 0.15) is 5.76 Å². The molecule has 0 fully saturated rings. The molecule has 0 aliphatic heterocycles. The molecule has 0 bridgehead atoms. The van der Waals surface area contributed by atoms with Gasteiger partial charge in [-0.1, -0.05) is 47.3 Å². The van der Waals surface area contributed by atoms with E-state index in [9.17, 15) is 0 Å². The van der Waals surface area contributed by atoms with Crippen LogP contribution in [0.25, 0.3) is 22.7 Å². The molecule has 0 saturated carbocycles. The second-order valence-electron chi connectivity index (χ2n) is 6.55. The fourth-order valence-corrected chi connectivity index (χ4v) is 3.88. The van der Waals surface area contributed by atoms with Crippen molar-refractivity contribution in [3.8, 4) is 22.7 Å². The van der Waals surface area contributed by atoms with Crippen LogP contribution in [0.5, 0.6) is 0 Å². The molecular weight excluding hydrogens is 398 g/mol. The van der Waals surface area contributed by atoms with Crippen LogP contribution in [0, 0.1) is 0 Å². The molecule has 0 aliphatic rings. The summed E-state index contributed by atoms with van der Waals surface area (Å²) in [6.07, 6.45) is 5.18. The molecular formula is C22H17N5O2S. The summed E-state index contributed by atoms with van der Waals surface area (Å²) >= 11 is 1.55. The molecule has 0 spiro atoms. The molecule has 0 amide bonds. The van der Waals surface area contributed by atoms with Crippen molar-refractivity contribution in [2.24, 2.45) is 0 Å². The first-order valence-corrected chi connectivity index (χ1v) is 10.4. The van der Waals surface area contributed by atoms with Crippen LogP contribution in [0.3, 0.4) is 0 Å². The highest BCUT2D eigenvalue weighted by Gasteiger charge is 2.17. The highest BCUT2D eigenvalue weighted by Crippen LogP contribution is 2.28. The highest BCUT2D eigenvalue weighted by molar-refractivity contribution is 7.98. The lowest BCUT2D eigenvalue weighted by Gasteiger charge is -2.08. The number of nitrogens with zero attached hydrogens (tertiary/aromatic N) is 5. The summed E-state index contributed by atoms with van der Waals surface area (Å²) < 4.78 is 13.1. The molecule has 0 unspecified atom stereocenters. The Hall–Kier alpha value is -3.65. The number of hydrogen-bond acceptors (Lipinski definition) is 7. The molecule has 0 atom stereocenters. The van der Waals surface area contributed by atoms with E-state index in [1.165, 1.54) is 0 Å². The van der Waals surface area contributed by atoms with Gasteiger partial charge >= 0.3 is 0 Å². The number of thioether (sulfide) groups is 1. The lowest BCUT2D eigenvalue weighted by Crippen LogP contribution is -2.03. The van der Waals surface area contributed by atoms with E-state index in [1.54, 1.807) is 30.4 Å². The zero-order chi connectivity index (χ0) is 20.2. The van der Waals surface area contributed by atoms with Gasteiger partial charge in [0.05, 0.1) is 18.5 Å². The number of aromatic nitrogens is 5. The van der Waals surface area contributed by atoms with Gasteiger partial charge in [0.25, 0.3) is 0 Å². The van der Waals surface area contributed by atoms with Crippen molar-refractivity contribution in [3.63, 3.8) is 0 Å². The number of hydrogen-bond donors (Lipinski definition) is 0. The molecule has 0 radical (unpaired) electrons. The Kier molecular flexibility index (Phi) is 5.14. The van der Waals surface area contributed by atoms with Gasteiger partial charge < -0.3 is 8.94 Å². The molecule has 30 heavy (non-hydrogen) atoms. The maximum Gasteiger partial charge on any atom is 0.192 e. The lowest BCUT2D eigenvalue weighted by molar-refractivity contribution is 0.426. The monoisotopic (exact) mass is 415 g/mol. The fraction of sp³-hybridized carbons (Fsp3) is 0.0909. The summed E-state index contributed by atoms with van der Waals surface area (Å²) in [6, 6.07) is 19.5. The molecule has 5 aromatic rings. The molecule has 1 aromatic carbocycles. The Balaban J connectivity index is 1.39. The van der Waals surface area contributed by atoms with E-state index in [1.807, 2.05) is 65.2 Å². The summed E-state index contributed by atoms with van der Waals surface area (Å²) in [4.78, 5) is 4.20. The van der Waals surface area contributed by atoms with Crippen LogP contribution in [0.2, 0.25) is 0 Å². The summed E-state index contributed by atoms with van der Waals surface area (Å²) in [5, 5.41) is 13.8. The third-order valence-corrected chi connectivity index (χ3v) is 5.50. The van der Waals surface area contributed by atoms with E-state index in [-0.39, 0.29) is 0 Å². The van der Waals surface area contributed by atoms with Gasteiger partial charge in [-0.3, -0.25) is 9.55 Å². The molecule has 0 N–H and O–H groups in total. The predicted octanol–water partition coefficient (Wildman–Crippen LogP) is 4.93. The fourth-order valence-electron chi connectivity index (χ4n) is 3.06. The van der Waals surface area contributed by atoms with Crippen LogP contribution in [0.15, 0.2) is 93.4 Å². The van der Waals surface area contributed by atoms with Crippen LogP contribution in [-0.4, -0.2) is 24.9 Å². The maximum absolute atomic E-state index is 5.54. The Morgan fingerprint density at radius 1 is 0.933 bits per heavy atom. The van der Waals surface area contributed by atoms with Crippen molar-refractivity contribution < 1.29 is 8.94 Å². The minimum absolute atomic E-state index is 0.528. The first-order valence-electron chi connectivity index (χ1n) is 9.36. The molecule has 148 valence electrons. The van der Waals surface area contributed by atoms with Gasteiger partial charge in [-0.2, -0.15) is 0 Å². The molecule has 4 aromatic heterocycles. The Morgan fingerprint density at radius 3 is 2.63 bits per heavy atom. The number of pyridine rings is 1. The van der Waals surface area contributed by atoms with Gasteiger partial charge in [0.15, 0.2) is 16.7 Å². The molecule has 0 saturated heterocycles. The standard InChI is InChI=1S/C22H17N5O2S/c1-2-6-16(7-3-1)20-12-18(26-29-20)15-30-22-25-24-21(17-8-4-10-23-13-17)27(22)14-19-9-5-11-28-19/h1-13H,14-15H2. The second kappa shape index (κ2) is 8.38. The van der Waals surface area contributed by atoms with Crippen LogP contribution in [0.4, 0.5) is 0 Å². The van der Waals surface area contributed by atoms with E-state index in [0.29, 0.717) is 12.3 Å². The van der Waals surface area contributed by atoms with Crippen molar-refractivity contribution >= 4 is 11.8 Å². The number of furan rings is 1. The van der Waals surface area contributed by atoms with E-state index in [2.05, 4.69) is 20.3 Å². The van der Waals surface area contributed by atoms with Gasteiger partial charge in [0.2, 0.25) is 0 Å². The molecule has 0 aliphatic carbocycles. The second-order valence-corrected chi connectivity index (χ2v) is 7.49. The lowest BCUT2D eigenvalue weighted by atomic mass is 10.2. The molecule has 8 heteroatoms. The van der Waals surface area contributed by atoms with E-state index in [0.717, 1.165) is 39.3 Å². The van der Waals surface area contributed by atoms with Crippen molar-refractivity contribution in [1.82, 2.24) is 24.9 Å². The minimum Gasteiger partial charge on any atom is -0.467 e. The van der Waals surface area contributed by atoms with Crippen molar-refractivity contribution in [2.75, 3.05) is 0 Å². The molecule has 7 nitrogen and oxygen atoms in total. The van der Waals surface area contributed by atoms with Gasteiger partial charge in [-0.15, -0.1) is 10.2 Å². The summed E-state index contributed by atoms with van der Waals surface area (Å²) in [5.74, 6) is 2.93. The van der Waals surface area contributed by atoms with Crippen molar-refractivity contribution in [3.05, 3.63) is 90.8 Å². The van der Waals surface area contributed by atoms with Crippen LogP contribution >= 0.6 is 11.8 Å². The summed E-state index contributed by atoms with van der Waals surface area (Å²) in [5.41, 5.74) is 2.74. The molecule has 4 heterocycles. The highest BCUT2D eigenvalue weighted by atomic mass is 32.2. The number of benzene rings is 1. The van der Waals surface area contributed by atoms with Gasteiger partial charge in [-0.25, -0.2) is 0 Å². The molecule has 5 rings (SSSR count). The SMILES string of the molecule is c1ccc(-c2cc(CSc3nnc(-c4cccnc4)n3Cc3ccco3)no2)cc1. The van der Waals surface area contributed by atoms with E-state index in [4.69, 9.17) is 8.94 Å². The smallest absolute Gasteiger partial charge is 0.192 e. The van der Waals surface area contributed by atoms with E-state index >= 15 is 0 Å². The van der Waals surface area contributed by atoms with Crippen LogP contribution in [0.1, 0.15) is 11.5 Å². The third-order valence-electron chi connectivity index (χ3n) is 4.50.